The van der Waals surface area contributed by atoms with Crippen LogP contribution < -0.4 is 4.90 Å². The number of carbonyl (C=O) groups is 2. The lowest BCUT2D eigenvalue weighted by Crippen LogP contribution is -2.50. The number of aldehydes is 1. The van der Waals surface area contributed by atoms with Gasteiger partial charge in [0.2, 0.25) is 5.95 Å². The van der Waals surface area contributed by atoms with Crippen LogP contribution in [-0.2, 0) is 4.74 Å². The van der Waals surface area contributed by atoms with Gasteiger partial charge in [-0.25, -0.2) is 9.78 Å². The molecule has 1 fully saturated rings. The fourth-order valence-electron chi connectivity index (χ4n) is 2.20. The second kappa shape index (κ2) is 6.29. The minimum Gasteiger partial charge on any atom is -0.444 e. The van der Waals surface area contributed by atoms with Crippen molar-refractivity contribution in [2.45, 2.75) is 26.4 Å². The van der Waals surface area contributed by atoms with E-state index in [1.807, 2.05) is 20.8 Å². The number of hydrogen-bond acceptors (Lipinski definition) is 5. The Balaban J connectivity index is 1.97. The number of anilines is 1. The van der Waals surface area contributed by atoms with E-state index in [1.54, 1.807) is 9.80 Å². The molecular formula is C15H20FN3O3. The van der Waals surface area contributed by atoms with Crippen molar-refractivity contribution in [2.24, 2.45) is 0 Å². The molecule has 1 aromatic heterocycles. The van der Waals surface area contributed by atoms with E-state index in [0.29, 0.717) is 38.2 Å². The molecule has 1 aliphatic rings. The van der Waals surface area contributed by atoms with Crippen LogP contribution in [0, 0.1) is 5.95 Å². The molecule has 0 saturated carbocycles. The molecule has 0 N–H and O–H groups in total. The first-order chi connectivity index (χ1) is 10.3. The van der Waals surface area contributed by atoms with Crippen molar-refractivity contribution >= 4 is 18.1 Å². The van der Waals surface area contributed by atoms with E-state index in [0.717, 1.165) is 0 Å². The molecule has 1 amide bonds. The van der Waals surface area contributed by atoms with Gasteiger partial charge in [-0.2, -0.15) is 4.39 Å². The van der Waals surface area contributed by atoms with Gasteiger partial charge in [0.25, 0.3) is 0 Å². The summed E-state index contributed by atoms with van der Waals surface area (Å²) in [6.07, 6.45) is 0.148. The van der Waals surface area contributed by atoms with E-state index in [1.165, 1.54) is 12.1 Å². The average molecular weight is 309 g/mol. The fourth-order valence-corrected chi connectivity index (χ4v) is 2.20. The molecule has 0 radical (unpaired) electrons. The van der Waals surface area contributed by atoms with E-state index in [-0.39, 0.29) is 11.8 Å². The van der Waals surface area contributed by atoms with Gasteiger partial charge in [0.15, 0.2) is 6.29 Å². The Bertz CT molecular complexity index is 564. The van der Waals surface area contributed by atoms with Gasteiger partial charge in [-0.1, -0.05) is 0 Å². The van der Waals surface area contributed by atoms with Crippen LogP contribution in [0.2, 0.25) is 0 Å². The maximum atomic E-state index is 13.9. The third kappa shape index (κ3) is 3.93. The van der Waals surface area contributed by atoms with Gasteiger partial charge >= 0.3 is 6.09 Å². The van der Waals surface area contributed by atoms with E-state index in [9.17, 15) is 14.0 Å². The molecular weight excluding hydrogens is 289 g/mol. The van der Waals surface area contributed by atoms with E-state index in [2.05, 4.69) is 4.98 Å². The summed E-state index contributed by atoms with van der Waals surface area (Å²) in [6.45, 7) is 7.31. The number of halogens is 1. The van der Waals surface area contributed by atoms with Crippen molar-refractivity contribution in [2.75, 3.05) is 31.1 Å². The molecule has 0 atom stereocenters. The van der Waals surface area contributed by atoms with Gasteiger partial charge in [-0.15, -0.1) is 0 Å². The molecule has 1 aromatic rings. The second-order valence-electron chi connectivity index (χ2n) is 6.12. The lowest BCUT2D eigenvalue weighted by atomic mass is 10.2. The summed E-state index contributed by atoms with van der Waals surface area (Å²) in [7, 11) is 0. The highest BCUT2D eigenvalue weighted by Gasteiger charge is 2.27. The van der Waals surface area contributed by atoms with Gasteiger partial charge < -0.3 is 14.5 Å². The lowest BCUT2D eigenvalue weighted by molar-refractivity contribution is 0.0240. The molecule has 0 spiro atoms. The van der Waals surface area contributed by atoms with Gasteiger partial charge in [0.05, 0.1) is 5.69 Å². The molecule has 2 heterocycles. The summed E-state index contributed by atoms with van der Waals surface area (Å²) < 4.78 is 19.2. The first kappa shape index (κ1) is 16.2. The zero-order chi connectivity index (χ0) is 16.3. The minimum absolute atomic E-state index is 0.0636. The predicted octanol–water partition coefficient (Wildman–Crippen LogP) is 2.09. The molecule has 6 nitrogen and oxygen atoms in total. The standard InChI is InChI=1S/C15H20FN3O3/c1-15(2,3)22-14(21)19-8-6-18(7-9-19)12-5-4-11(10-20)17-13(12)16/h4-5,10H,6-9H2,1-3H3. The van der Waals surface area contributed by atoms with Crippen LogP contribution in [0.4, 0.5) is 14.9 Å². The van der Waals surface area contributed by atoms with Crippen molar-refractivity contribution in [3.63, 3.8) is 0 Å². The molecule has 0 unspecified atom stereocenters. The van der Waals surface area contributed by atoms with Crippen LogP contribution in [-0.4, -0.2) is 54.0 Å². The highest BCUT2D eigenvalue weighted by molar-refractivity contribution is 5.72. The molecule has 120 valence electrons. The van der Waals surface area contributed by atoms with E-state index in [4.69, 9.17) is 4.74 Å². The number of nitrogens with zero attached hydrogens (tertiary/aromatic N) is 3. The largest absolute Gasteiger partial charge is 0.444 e. The van der Waals surface area contributed by atoms with Gasteiger partial charge in [0, 0.05) is 26.2 Å². The Kier molecular flexibility index (Phi) is 4.63. The number of rotatable bonds is 2. The Hall–Kier alpha value is -2.18. The zero-order valence-electron chi connectivity index (χ0n) is 13.0. The van der Waals surface area contributed by atoms with Crippen molar-refractivity contribution in [1.82, 2.24) is 9.88 Å². The fraction of sp³-hybridized carbons (Fsp3) is 0.533. The molecule has 0 aliphatic carbocycles. The van der Waals surface area contributed by atoms with Crippen molar-refractivity contribution in [3.8, 4) is 0 Å². The monoisotopic (exact) mass is 309 g/mol. The number of ether oxygens (including phenoxy) is 1. The van der Waals surface area contributed by atoms with Crippen LogP contribution >= 0.6 is 0 Å². The number of amides is 1. The molecule has 1 saturated heterocycles. The summed E-state index contributed by atoms with van der Waals surface area (Å²) in [4.78, 5) is 29.5. The van der Waals surface area contributed by atoms with Crippen LogP contribution in [0.5, 0.6) is 0 Å². The first-order valence-electron chi connectivity index (χ1n) is 7.15. The Morgan fingerprint density at radius 1 is 1.27 bits per heavy atom. The maximum absolute atomic E-state index is 13.9. The first-order valence-corrected chi connectivity index (χ1v) is 7.15. The second-order valence-corrected chi connectivity index (χ2v) is 6.12. The van der Waals surface area contributed by atoms with Crippen LogP contribution in [0.15, 0.2) is 12.1 Å². The smallest absolute Gasteiger partial charge is 0.410 e. The summed E-state index contributed by atoms with van der Waals surface area (Å²) in [5.74, 6) is -0.671. The lowest BCUT2D eigenvalue weighted by Gasteiger charge is -2.36. The minimum atomic E-state index is -0.671. The summed E-state index contributed by atoms with van der Waals surface area (Å²) in [5, 5.41) is 0. The Morgan fingerprint density at radius 3 is 2.41 bits per heavy atom. The maximum Gasteiger partial charge on any atom is 0.410 e. The Morgan fingerprint density at radius 2 is 1.91 bits per heavy atom. The molecule has 22 heavy (non-hydrogen) atoms. The number of pyridine rings is 1. The highest BCUT2D eigenvalue weighted by Crippen LogP contribution is 2.20. The zero-order valence-corrected chi connectivity index (χ0v) is 13.0. The van der Waals surface area contributed by atoms with Crippen molar-refractivity contribution < 1.29 is 18.7 Å². The summed E-state index contributed by atoms with van der Waals surface area (Å²) >= 11 is 0. The topological polar surface area (TPSA) is 62.7 Å². The average Bonchev–Trinajstić information content (AvgIpc) is 2.45. The van der Waals surface area contributed by atoms with Gasteiger partial charge in [-0.3, -0.25) is 4.79 Å². The third-order valence-electron chi connectivity index (χ3n) is 3.24. The number of piperazine rings is 1. The third-order valence-corrected chi connectivity index (χ3v) is 3.24. The van der Waals surface area contributed by atoms with Crippen molar-refractivity contribution in [1.29, 1.82) is 0 Å². The van der Waals surface area contributed by atoms with Crippen molar-refractivity contribution in [3.05, 3.63) is 23.8 Å². The van der Waals surface area contributed by atoms with Crippen LogP contribution in [0.1, 0.15) is 31.3 Å². The van der Waals surface area contributed by atoms with Gasteiger partial charge in [-0.05, 0) is 32.9 Å². The molecule has 7 heteroatoms. The molecule has 0 aromatic carbocycles. The number of aromatic nitrogens is 1. The molecule has 1 aliphatic heterocycles. The summed E-state index contributed by atoms with van der Waals surface area (Å²) in [6, 6.07) is 3.01. The quantitative estimate of drug-likeness (QED) is 0.618. The normalized spacial score (nSPS) is 15.6. The van der Waals surface area contributed by atoms with Crippen LogP contribution in [0.3, 0.4) is 0 Å². The Labute approximate surface area is 128 Å². The highest BCUT2D eigenvalue weighted by atomic mass is 19.1. The number of carbonyl (C=O) groups excluding carboxylic acids is 2. The van der Waals surface area contributed by atoms with Gasteiger partial charge in [0.1, 0.15) is 11.3 Å². The molecule has 0 bridgehead atoms. The SMILES string of the molecule is CC(C)(C)OC(=O)N1CCN(c2ccc(C=O)nc2F)CC1. The van der Waals surface area contributed by atoms with E-state index >= 15 is 0 Å². The number of hydrogen-bond donors (Lipinski definition) is 0. The van der Waals surface area contributed by atoms with Crippen LogP contribution in [0.25, 0.3) is 0 Å². The predicted molar refractivity (Wildman–Crippen MR) is 79.6 cm³/mol. The van der Waals surface area contributed by atoms with E-state index < -0.39 is 11.5 Å². The molecule has 2 rings (SSSR count). The summed E-state index contributed by atoms with van der Waals surface area (Å²) in [5.41, 5.74) is -0.127.